The van der Waals surface area contributed by atoms with Crippen LogP contribution in [0.4, 0.5) is 11.6 Å². The SMILES string of the molecule is CNc1ccn(-c2cc(-c3ccccc3)nc(N)n2)c1. The van der Waals surface area contributed by atoms with Crippen molar-refractivity contribution in [2.45, 2.75) is 0 Å². The highest BCUT2D eigenvalue weighted by atomic mass is 15.1. The number of nitrogen functional groups attached to an aromatic ring is 1. The fraction of sp³-hybridized carbons (Fsp3) is 0.0667. The summed E-state index contributed by atoms with van der Waals surface area (Å²) in [6.07, 6.45) is 3.89. The molecule has 2 heterocycles. The Morgan fingerprint density at radius 3 is 2.60 bits per heavy atom. The van der Waals surface area contributed by atoms with Gasteiger partial charge in [-0.05, 0) is 6.07 Å². The van der Waals surface area contributed by atoms with Gasteiger partial charge in [-0.25, -0.2) is 4.98 Å². The van der Waals surface area contributed by atoms with E-state index in [9.17, 15) is 0 Å². The smallest absolute Gasteiger partial charge is 0.222 e. The first-order valence-electron chi connectivity index (χ1n) is 6.32. The highest BCUT2D eigenvalue weighted by Crippen LogP contribution is 2.21. The van der Waals surface area contributed by atoms with Gasteiger partial charge in [0, 0.05) is 31.1 Å². The summed E-state index contributed by atoms with van der Waals surface area (Å²) in [5.41, 5.74) is 8.67. The third kappa shape index (κ3) is 2.33. The summed E-state index contributed by atoms with van der Waals surface area (Å²) in [5, 5.41) is 3.08. The fourth-order valence-corrected chi connectivity index (χ4v) is 2.03. The van der Waals surface area contributed by atoms with E-state index in [1.807, 2.05) is 66.5 Å². The third-order valence-corrected chi connectivity index (χ3v) is 3.05. The second-order valence-electron chi connectivity index (χ2n) is 4.39. The van der Waals surface area contributed by atoms with Gasteiger partial charge in [-0.1, -0.05) is 30.3 Å². The molecule has 0 spiro atoms. The summed E-state index contributed by atoms with van der Waals surface area (Å²) < 4.78 is 1.91. The van der Waals surface area contributed by atoms with E-state index in [2.05, 4.69) is 15.3 Å². The number of hydrogen-bond donors (Lipinski definition) is 2. The molecule has 5 heteroatoms. The molecular formula is C15H15N5. The molecule has 100 valence electrons. The van der Waals surface area contributed by atoms with Crippen molar-refractivity contribution in [3.05, 3.63) is 54.9 Å². The van der Waals surface area contributed by atoms with Gasteiger partial charge in [0.2, 0.25) is 5.95 Å². The van der Waals surface area contributed by atoms with Crippen LogP contribution in [0.5, 0.6) is 0 Å². The number of benzene rings is 1. The Labute approximate surface area is 117 Å². The van der Waals surface area contributed by atoms with Gasteiger partial charge < -0.3 is 15.6 Å². The molecule has 3 N–H and O–H groups in total. The molecule has 0 fully saturated rings. The molecule has 3 rings (SSSR count). The molecule has 0 bridgehead atoms. The van der Waals surface area contributed by atoms with Gasteiger partial charge in [-0.3, -0.25) is 0 Å². The second-order valence-corrected chi connectivity index (χ2v) is 4.39. The number of nitrogens with one attached hydrogen (secondary N) is 1. The Kier molecular flexibility index (Phi) is 3.09. The highest BCUT2D eigenvalue weighted by Gasteiger charge is 2.06. The number of nitrogens with two attached hydrogens (primary N) is 1. The maximum absolute atomic E-state index is 5.82. The molecule has 3 aromatic rings. The van der Waals surface area contributed by atoms with Crippen LogP contribution >= 0.6 is 0 Å². The summed E-state index contributed by atoms with van der Waals surface area (Å²) in [6, 6.07) is 13.8. The van der Waals surface area contributed by atoms with Gasteiger partial charge in [-0.15, -0.1) is 0 Å². The Morgan fingerprint density at radius 1 is 1.10 bits per heavy atom. The van der Waals surface area contributed by atoms with E-state index in [-0.39, 0.29) is 5.95 Å². The Bertz CT molecular complexity index is 718. The maximum Gasteiger partial charge on any atom is 0.222 e. The van der Waals surface area contributed by atoms with E-state index in [1.54, 1.807) is 0 Å². The van der Waals surface area contributed by atoms with Crippen LogP contribution < -0.4 is 11.1 Å². The molecule has 0 aliphatic heterocycles. The van der Waals surface area contributed by atoms with Crippen LogP contribution in [0.1, 0.15) is 0 Å². The van der Waals surface area contributed by atoms with Crippen molar-refractivity contribution >= 4 is 11.6 Å². The Balaban J connectivity index is 2.07. The van der Waals surface area contributed by atoms with Crippen LogP contribution in [0, 0.1) is 0 Å². The van der Waals surface area contributed by atoms with Gasteiger partial charge in [0.15, 0.2) is 0 Å². The average Bonchev–Trinajstić information content (AvgIpc) is 2.96. The lowest BCUT2D eigenvalue weighted by molar-refractivity contribution is 0.993. The zero-order chi connectivity index (χ0) is 13.9. The van der Waals surface area contributed by atoms with Crippen molar-refractivity contribution in [3.8, 4) is 17.1 Å². The lowest BCUT2D eigenvalue weighted by Crippen LogP contribution is -2.02. The molecule has 1 aromatic carbocycles. The maximum atomic E-state index is 5.82. The molecule has 0 aliphatic rings. The van der Waals surface area contributed by atoms with E-state index in [4.69, 9.17) is 5.73 Å². The lowest BCUT2D eigenvalue weighted by atomic mass is 10.1. The molecule has 0 unspecified atom stereocenters. The van der Waals surface area contributed by atoms with E-state index >= 15 is 0 Å². The van der Waals surface area contributed by atoms with E-state index in [0.29, 0.717) is 0 Å². The largest absolute Gasteiger partial charge is 0.387 e. The van der Waals surface area contributed by atoms with Crippen LogP contribution in [-0.4, -0.2) is 21.6 Å². The van der Waals surface area contributed by atoms with Crippen LogP contribution in [0.3, 0.4) is 0 Å². The van der Waals surface area contributed by atoms with Crippen molar-refractivity contribution in [2.24, 2.45) is 0 Å². The molecule has 0 aliphatic carbocycles. The van der Waals surface area contributed by atoms with Crippen molar-refractivity contribution in [1.29, 1.82) is 0 Å². The molecule has 2 aromatic heterocycles. The van der Waals surface area contributed by atoms with Gasteiger partial charge in [-0.2, -0.15) is 4.98 Å². The summed E-state index contributed by atoms with van der Waals surface area (Å²) in [4.78, 5) is 8.57. The molecule has 0 atom stereocenters. The zero-order valence-electron chi connectivity index (χ0n) is 11.1. The second kappa shape index (κ2) is 5.05. The van der Waals surface area contributed by atoms with Crippen molar-refractivity contribution in [1.82, 2.24) is 14.5 Å². The van der Waals surface area contributed by atoms with Gasteiger partial charge in [0.1, 0.15) is 5.82 Å². The normalized spacial score (nSPS) is 10.4. The first-order chi connectivity index (χ1) is 9.76. The molecule has 0 amide bonds. The molecule has 0 radical (unpaired) electrons. The van der Waals surface area contributed by atoms with E-state index < -0.39 is 0 Å². The molecule has 5 nitrogen and oxygen atoms in total. The zero-order valence-corrected chi connectivity index (χ0v) is 11.1. The molecule has 20 heavy (non-hydrogen) atoms. The Hall–Kier alpha value is -2.82. The number of nitrogens with zero attached hydrogens (tertiary/aromatic N) is 3. The predicted molar refractivity (Wildman–Crippen MR) is 80.8 cm³/mol. The summed E-state index contributed by atoms with van der Waals surface area (Å²) >= 11 is 0. The number of hydrogen-bond acceptors (Lipinski definition) is 4. The van der Waals surface area contributed by atoms with Crippen LogP contribution in [0.2, 0.25) is 0 Å². The highest BCUT2D eigenvalue weighted by molar-refractivity contribution is 5.62. The topological polar surface area (TPSA) is 68.8 Å². The lowest BCUT2D eigenvalue weighted by Gasteiger charge is -2.07. The number of anilines is 2. The third-order valence-electron chi connectivity index (χ3n) is 3.05. The first-order valence-corrected chi connectivity index (χ1v) is 6.32. The van der Waals surface area contributed by atoms with Gasteiger partial charge in [0.05, 0.1) is 11.4 Å². The van der Waals surface area contributed by atoms with Crippen molar-refractivity contribution < 1.29 is 0 Å². The summed E-state index contributed by atoms with van der Waals surface area (Å²) in [6.45, 7) is 0. The minimum absolute atomic E-state index is 0.265. The minimum atomic E-state index is 0.265. The number of rotatable bonds is 3. The first kappa shape index (κ1) is 12.2. The summed E-state index contributed by atoms with van der Waals surface area (Å²) in [5.74, 6) is 1.01. The Morgan fingerprint density at radius 2 is 1.90 bits per heavy atom. The monoisotopic (exact) mass is 265 g/mol. The number of aromatic nitrogens is 3. The van der Waals surface area contributed by atoms with Crippen molar-refractivity contribution in [2.75, 3.05) is 18.1 Å². The van der Waals surface area contributed by atoms with Gasteiger partial charge in [0.25, 0.3) is 0 Å². The molecule has 0 saturated heterocycles. The van der Waals surface area contributed by atoms with Crippen LogP contribution in [-0.2, 0) is 0 Å². The summed E-state index contributed by atoms with van der Waals surface area (Å²) in [7, 11) is 1.88. The van der Waals surface area contributed by atoms with E-state index in [0.717, 1.165) is 22.8 Å². The van der Waals surface area contributed by atoms with Gasteiger partial charge >= 0.3 is 0 Å². The minimum Gasteiger partial charge on any atom is -0.387 e. The standard InChI is InChI=1S/C15H15N5/c1-17-12-7-8-20(10-12)14-9-13(18-15(16)19-14)11-5-3-2-4-6-11/h2-10,17H,1H3,(H2,16,18,19). The van der Waals surface area contributed by atoms with Crippen molar-refractivity contribution in [3.63, 3.8) is 0 Å². The molecule has 0 saturated carbocycles. The molecular weight excluding hydrogens is 250 g/mol. The average molecular weight is 265 g/mol. The quantitative estimate of drug-likeness (QED) is 0.763. The predicted octanol–water partition coefficient (Wildman–Crippen LogP) is 2.56. The van der Waals surface area contributed by atoms with E-state index in [1.165, 1.54) is 0 Å². The fourth-order valence-electron chi connectivity index (χ4n) is 2.03. The van der Waals surface area contributed by atoms with Crippen LogP contribution in [0.25, 0.3) is 17.1 Å². The van der Waals surface area contributed by atoms with Crippen LogP contribution in [0.15, 0.2) is 54.9 Å².